The Balaban J connectivity index is 1.68. The van der Waals surface area contributed by atoms with Crippen LogP contribution in [0.3, 0.4) is 0 Å². The van der Waals surface area contributed by atoms with E-state index in [9.17, 15) is 14.4 Å². The SMILES string of the molecule is COCCNC(=O)[C@H](NC(=O)c1ccccc1C)C1CCN(C(=O)c2cccs2)CC1. The fraction of sp³-hybridized carbons (Fsp3) is 0.435. The largest absolute Gasteiger partial charge is 0.383 e. The van der Waals surface area contributed by atoms with Gasteiger partial charge in [0.1, 0.15) is 6.04 Å². The molecular weight excluding hydrogens is 414 g/mol. The standard InChI is InChI=1S/C23H29N3O4S/c1-16-6-3-4-7-18(16)21(27)25-20(22(28)24-11-14-30-2)17-9-12-26(13-10-17)23(29)19-8-5-15-31-19/h3-8,15,17,20H,9-14H2,1-2H3,(H,24,28)(H,25,27)/t20-/m1/s1. The van der Waals surface area contributed by atoms with Gasteiger partial charge >= 0.3 is 0 Å². The number of carbonyl (C=O) groups is 3. The lowest BCUT2D eigenvalue weighted by Crippen LogP contribution is -2.54. The molecule has 1 atom stereocenters. The maximum atomic E-state index is 12.9. The number of hydrogen-bond donors (Lipinski definition) is 2. The Kier molecular flexibility index (Phi) is 8.20. The first kappa shape index (κ1) is 23.0. The molecule has 0 bridgehead atoms. The van der Waals surface area contributed by atoms with Crippen LogP contribution in [0.4, 0.5) is 0 Å². The van der Waals surface area contributed by atoms with E-state index in [4.69, 9.17) is 4.74 Å². The molecule has 166 valence electrons. The highest BCUT2D eigenvalue weighted by Crippen LogP contribution is 2.24. The molecule has 3 amide bonds. The summed E-state index contributed by atoms with van der Waals surface area (Å²) in [6.07, 6.45) is 1.29. The lowest BCUT2D eigenvalue weighted by molar-refractivity contribution is -0.124. The van der Waals surface area contributed by atoms with Crippen LogP contribution in [0.2, 0.25) is 0 Å². The van der Waals surface area contributed by atoms with Gasteiger partial charge in [-0.25, -0.2) is 0 Å². The number of likely N-dealkylation sites (tertiary alicyclic amines) is 1. The fourth-order valence-corrected chi connectivity index (χ4v) is 4.51. The van der Waals surface area contributed by atoms with Crippen molar-refractivity contribution in [1.29, 1.82) is 0 Å². The molecule has 3 rings (SSSR count). The maximum absolute atomic E-state index is 12.9. The van der Waals surface area contributed by atoms with Crippen molar-refractivity contribution < 1.29 is 19.1 Å². The molecule has 1 saturated heterocycles. The van der Waals surface area contributed by atoms with E-state index >= 15 is 0 Å². The number of nitrogens with zero attached hydrogens (tertiary/aromatic N) is 1. The van der Waals surface area contributed by atoms with Crippen LogP contribution in [0.25, 0.3) is 0 Å². The van der Waals surface area contributed by atoms with E-state index in [1.165, 1.54) is 11.3 Å². The summed E-state index contributed by atoms with van der Waals surface area (Å²) < 4.78 is 5.01. The normalized spacial score (nSPS) is 15.4. The summed E-state index contributed by atoms with van der Waals surface area (Å²) in [6, 6.07) is 10.3. The van der Waals surface area contributed by atoms with E-state index in [-0.39, 0.29) is 23.6 Å². The minimum Gasteiger partial charge on any atom is -0.383 e. The van der Waals surface area contributed by atoms with Gasteiger partial charge in [0, 0.05) is 32.3 Å². The third kappa shape index (κ3) is 5.92. The molecule has 0 saturated carbocycles. The third-order valence-corrected chi connectivity index (χ3v) is 6.45. The Morgan fingerprint density at radius 3 is 2.55 bits per heavy atom. The maximum Gasteiger partial charge on any atom is 0.263 e. The molecule has 0 unspecified atom stereocenters. The summed E-state index contributed by atoms with van der Waals surface area (Å²) in [4.78, 5) is 41.0. The van der Waals surface area contributed by atoms with Crippen LogP contribution in [0.5, 0.6) is 0 Å². The average molecular weight is 444 g/mol. The third-order valence-electron chi connectivity index (χ3n) is 5.59. The number of carbonyl (C=O) groups excluding carboxylic acids is 3. The molecule has 1 aromatic heterocycles. The number of hydrogen-bond acceptors (Lipinski definition) is 5. The summed E-state index contributed by atoms with van der Waals surface area (Å²) in [5.74, 6) is -0.509. The molecular formula is C23H29N3O4S. The van der Waals surface area contributed by atoms with Crippen molar-refractivity contribution >= 4 is 29.1 Å². The van der Waals surface area contributed by atoms with Crippen molar-refractivity contribution in [1.82, 2.24) is 15.5 Å². The molecule has 0 spiro atoms. The first-order chi connectivity index (χ1) is 15.0. The number of nitrogens with one attached hydrogen (secondary N) is 2. The van der Waals surface area contributed by atoms with Gasteiger partial charge in [0.25, 0.3) is 11.8 Å². The van der Waals surface area contributed by atoms with Crippen molar-refractivity contribution in [3.8, 4) is 0 Å². The number of rotatable bonds is 8. The summed E-state index contributed by atoms with van der Waals surface area (Å²) in [7, 11) is 1.57. The lowest BCUT2D eigenvalue weighted by Gasteiger charge is -2.35. The summed E-state index contributed by atoms with van der Waals surface area (Å²) in [5.41, 5.74) is 1.41. The molecule has 0 radical (unpaired) electrons. The number of benzene rings is 1. The monoisotopic (exact) mass is 443 g/mol. The van der Waals surface area contributed by atoms with E-state index < -0.39 is 6.04 Å². The molecule has 7 nitrogen and oxygen atoms in total. The first-order valence-electron chi connectivity index (χ1n) is 10.5. The minimum absolute atomic E-state index is 0.0264. The number of piperidine rings is 1. The first-order valence-corrected chi connectivity index (χ1v) is 11.3. The molecule has 31 heavy (non-hydrogen) atoms. The molecule has 1 fully saturated rings. The van der Waals surface area contributed by atoms with Crippen LogP contribution >= 0.6 is 11.3 Å². The van der Waals surface area contributed by atoms with Crippen LogP contribution in [0, 0.1) is 12.8 Å². The van der Waals surface area contributed by atoms with Crippen LogP contribution < -0.4 is 10.6 Å². The van der Waals surface area contributed by atoms with Crippen molar-refractivity contribution in [2.24, 2.45) is 5.92 Å². The Morgan fingerprint density at radius 2 is 1.90 bits per heavy atom. The highest BCUT2D eigenvalue weighted by molar-refractivity contribution is 7.12. The molecule has 2 N–H and O–H groups in total. The molecule has 2 heterocycles. The van der Waals surface area contributed by atoms with E-state index in [1.807, 2.05) is 47.5 Å². The summed E-state index contributed by atoms with van der Waals surface area (Å²) >= 11 is 1.43. The van der Waals surface area contributed by atoms with Gasteiger partial charge in [0.05, 0.1) is 11.5 Å². The van der Waals surface area contributed by atoms with E-state index in [1.54, 1.807) is 13.2 Å². The Labute approximate surface area is 186 Å². The van der Waals surface area contributed by atoms with Crippen LogP contribution in [-0.4, -0.2) is 62.0 Å². The second-order valence-corrected chi connectivity index (χ2v) is 8.60. The van der Waals surface area contributed by atoms with Gasteiger partial charge in [-0.2, -0.15) is 0 Å². The second-order valence-electron chi connectivity index (χ2n) is 7.66. The highest BCUT2D eigenvalue weighted by atomic mass is 32.1. The van der Waals surface area contributed by atoms with E-state index in [2.05, 4.69) is 10.6 Å². The molecule has 0 aliphatic carbocycles. The zero-order valence-electron chi connectivity index (χ0n) is 17.9. The number of amides is 3. The second kappa shape index (κ2) is 11.1. The van der Waals surface area contributed by atoms with Crippen LogP contribution in [-0.2, 0) is 9.53 Å². The number of ether oxygens (including phenoxy) is 1. The summed E-state index contributed by atoms with van der Waals surface area (Å²) in [6.45, 7) is 3.77. The van der Waals surface area contributed by atoms with E-state index in [0.29, 0.717) is 44.6 Å². The lowest BCUT2D eigenvalue weighted by atomic mass is 9.88. The van der Waals surface area contributed by atoms with Gasteiger partial charge in [-0.1, -0.05) is 24.3 Å². The van der Waals surface area contributed by atoms with Crippen molar-refractivity contribution in [3.63, 3.8) is 0 Å². The quantitative estimate of drug-likeness (QED) is 0.614. The van der Waals surface area contributed by atoms with Gasteiger partial charge in [0.2, 0.25) is 5.91 Å². The predicted octanol–water partition coefficient (Wildman–Crippen LogP) is 2.47. The average Bonchev–Trinajstić information content (AvgIpc) is 3.32. The molecule has 2 aromatic rings. The predicted molar refractivity (Wildman–Crippen MR) is 120 cm³/mol. The Hall–Kier alpha value is -2.71. The summed E-state index contributed by atoms with van der Waals surface area (Å²) in [5, 5.41) is 7.69. The molecule has 1 aromatic carbocycles. The highest BCUT2D eigenvalue weighted by Gasteiger charge is 2.34. The van der Waals surface area contributed by atoms with Crippen LogP contribution in [0.1, 0.15) is 38.4 Å². The fourth-order valence-electron chi connectivity index (χ4n) is 3.82. The van der Waals surface area contributed by atoms with Crippen molar-refractivity contribution in [3.05, 3.63) is 57.8 Å². The smallest absolute Gasteiger partial charge is 0.263 e. The Bertz CT molecular complexity index is 892. The van der Waals surface area contributed by atoms with E-state index in [0.717, 1.165) is 10.4 Å². The number of thiophene rings is 1. The minimum atomic E-state index is -0.664. The van der Waals surface area contributed by atoms with Crippen LogP contribution in [0.15, 0.2) is 41.8 Å². The molecule has 1 aliphatic heterocycles. The van der Waals surface area contributed by atoms with Gasteiger partial charge in [0.15, 0.2) is 0 Å². The molecule has 8 heteroatoms. The van der Waals surface area contributed by atoms with Gasteiger partial charge in [-0.15, -0.1) is 11.3 Å². The van der Waals surface area contributed by atoms with Crippen molar-refractivity contribution in [2.75, 3.05) is 33.4 Å². The van der Waals surface area contributed by atoms with Gasteiger partial charge in [-0.05, 0) is 48.8 Å². The topological polar surface area (TPSA) is 87.7 Å². The zero-order valence-corrected chi connectivity index (χ0v) is 18.7. The van der Waals surface area contributed by atoms with Gasteiger partial charge in [-0.3, -0.25) is 14.4 Å². The number of methoxy groups -OCH3 is 1. The van der Waals surface area contributed by atoms with Crippen molar-refractivity contribution in [2.45, 2.75) is 25.8 Å². The molecule has 1 aliphatic rings. The zero-order chi connectivity index (χ0) is 22.2. The number of aryl methyl sites for hydroxylation is 1. The van der Waals surface area contributed by atoms with Gasteiger partial charge < -0.3 is 20.3 Å². The Morgan fingerprint density at radius 1 is 1.16 bits per heavy atom.